The second-order valence-corrected chi connectivity index (χ2v) is 2.22. The highest BCUT2D eigenvalue weighted by atomic mass is 16.1. The third kappa shape index (κ3) is 2.04. The molecule has 0 aromatic carbocycles. The molecule has 1 aromatic heterocycles. The number of nitrogens with one attached hydrogen (secondary N) is 1. The lowest BCUT2D eigenvalue weighted by molar-refractivity contribution is 0.0979. The fraction of sp³-hybridized carbons (Fsp3) is 0.250. The number of carbonyl (C=O) groups is 1. The van der Waals surface area contributed by atoms with Gasteiger partial charge in [0.2, 0.25) is 0 Å². The number of nitrogens with zero attached hydrogens (tertiary/aromatic N) is 1. The monoisotopic (exact) mass is 150 g/mol. The number of ketones is 1. The third-order valence-corrected chi connectivity index (χ3v) is 1.37. The zero-order chi connectivity index (χ0) is 8.10. The topological polar surface area (TPSA) is 45.8 Å². The van der Waals surface area contributed by atoms with Gasteiger partial charge in [0.15, 0.2) is 5.78 Å². The quantitative estimate of drug-likeness (QED) is 0.523. The number of allylic oxidation sites excluding steroid dienone is 1. The van der Waals surface area contributed by atoms with Crippen LogP contribution in [0.4, 0.5) is 0 Å². The molecule has 1 aromatic rings. The smallest absolute Gasteiger partial charge is 0.180 e. The predicted molar refractivity (Wildman–Crippen MR) is 42.3 cm³/mol. The lowest BCUT2D eigenvalue weighted by Gasteiger charge is -1.91. The van der Waals surface area contributed by atoms with Gasteiger partial charge in [-0.1, -0.05) is 6.08 Å². The molecule has 1 heterocycles. The minimum Gasteiger partial charge on any atom is -0.342 e. The Bertz CT molecular complexity index is 239. The zero-order valence-corrected chi connectivity index (χ0v) is 6.21. The van der Waals surface area contributed by atoms with E-state index in [1.54, 1.807) is 6.08 Å². The van der Waals surface area contributed by atoms with E-state index in [9.17, 15) is 4.79 Å². The van der Waals surface area contributed by atoms with E-state index >= 15 is 0 Å². The minimum absolute atomic E-state index is 0.0856. The number of carbonyl (C=O) groups excluding carboxylic acids is 1. The average Bonchev–Trinajstić information content (AvgIpc) is 2.52. The maximum absolute atomic E-state index is 11.1. The first-order valence-corrected chi connectivity index (χ1v) is 3.47. The van der Waals surface area contributed by atoms with Crippen LogP contribution in [0.3, 0.4) is 0 Å². The van der Waals surface area contributed by atoms with Crippen molar-refractivity contribution in [1.82, 2.24) is 9.97 Å². The van der Waals surface area contributed by atoms with Crippen LogP contribution in [-0.2, 0) is 0 Å². The van der Waals surface area contributed by atoms with Gasteiger partial charge < -0.3 is 4.98 Å². The van der Waals surface area contributed by atoms with Crippen LogP contribution in [-0.4, -0.2) is 15.8 Å². The normalized spacial score (nSPS) is 9.45. The SMILES string of the molecule is C=CCCC(=O)c1cnc[nH]1. The van der Waals surface area contributed by atoms with E-state index in [1.807, 2.05) is 0 Å². The van der Waals surface area contributed by atoms with E-state index in [-0.39, 0.29) is 5.78 Å². The molecule has 0 bridgehead atoms. The van der Waals surface area contributed by atoms with Crippen molar-refractivity contribution < 1.29 is 4.79 Å². The van der Waals surface area contributed by atoms with Crippen molar-refractivity contribution in [3.05, 3.63) is 30.9 Å². The van der Waals surface area contributed by atoms with Crippen molar-refractivity contribution in [1.29, 1.82) is 0 Å². The molecule has 0 aliphatic carbocycles. The summed E-state index contributed by atoms with van der Waals surface area (Å²) < 4.78 is 0. The molecule has 3 heteroatoms. The Morgan fingerprint density at radius 3 is 3.18 bits per heavy atom. The maximum Gasteiger partial charge on any atom is 0.180 e. The van der Waals surface area contributed by atoms with Crippen molar-refractivity contribution in [3.8, 4) is 0 Å². The molecule has 0 atom stereocenters. The molecule has 0 aliphatic heterocycles. The molecule has 0 fully saturated rings. The molecular formula is C8H10N2O. The van der Waals surface area contributed by atoms with Gasteiger partial charge in [-0.05, 0) is 6.42 Å². The first-order chi connectivity index (χ1) is 5.34. The largest absolute Gasteiger partial charge is 0.342 e. The van der Waals surface area contributed by atoms with E-state index in [0.717, 1.165) is 6.42 Å². The number of Topliss-reactive ketones (excluding diaryl/α,β-unsaturated/α-hetero) is 1. The molecule has 0 saturated carbocycles. The summed E-state index contributed by atoms with van der Waals surface area (Å²) in [5, 5.41) is 0. The Labute approximate surface area is 65.2 Å². The molecule has 3 nitrogen and oxygen atoms in total. The van der Waals surface area contributed by atoms with Crippen LogP contribution in [0.15, 0.2) is 25.2 Å². The maximum atomic E-state index is 11.1. The van der Waals surface area contributed by atoms with Gasteiger partial charge in [-0.25, -0.2) is 4.98 Å². The summed E-state index contributed by atoms with van der Waals surface area (Å²) in [6, 6.07) is 0. The number of rotatable bonds is 4. The fourth-order valence-corrected chi connectivity index (χ4v) is 0.776. The number of hydrogen-bond donors (Lipinski definition) is 1. The second kappa shape index (κ2) is 3.71. The van der Waals surface area contributed by atoms with E-state index in [2.05, 4.69) is 16.5 Å². The predicted octanol–water partition coefficient (Wildman–Crippen LogP) is 1.56. The van der Waals surface area contributed by atoms with Crippen molar-refractivity contribution in [3.63, 3.8) is 0 Å². The molecule has 11 heavy (non-hydrogen) atoms. The Hall–Kier alpha value is -1.38. The molecule has 0 unspecified atom stereocenters. The first-order valence-electron chi connectivity index (χ1n) is 3.47. The fourth-order valence-electron chi connectivity index (χ4n) is 0.776. The van der Waals surface area contributed by atoms with Gasteiger partial charge in [0.1, 0.15) is 5.69 Å². The summed E-state index contributed by atoms with van der Waals surface area (Å²) in [6.45, 7) is 3.54. The molecule has 1 rings (SSSR count). The van der Waals surface area contributed by atoms with Gasteiger partial charge in [-0.3, -0.25) is 4.79 Å². The summed E-state index contributed by atoms with van der Waals surface area (Å²) in [5.74, 6) is 0.0856. The summed E-state index contributed by atoms with van der Waals surface area (Å²) in [7, 11) is 0. The van der Waals surface area contributed by atoms with E-state index in [0.29, 0.717) is 12.1 Å². The van der Waals surface area contributed by atoms with Crippen molar-refractivity contribution in [2.45, 2.75) is 12.8 Å². The highest BCUT2D eigenvalue weighted by Crippen LogP contribution is 2.00. The minimum atomic E-state index is 0.0856. The van der Waals surface area contributed by atoms with Crippen molar-refractivity contribution in [2.24, 2.45) is 0 Å². The van der Waals surface area contributed by atoms with Crippen LogP contribution in [0.2, 0.25) is 0 Å². The van der Waals surface area contributed by atoms with Crippen LogP contribution in [0.25, 0.3) is 0 Å². The summed E-state index contributed by atoms with van der Waals surface area (Å²) in [6.07, 6.45) is 5.99. The van der Waals surface area contributed by atoms with E-state index in [4.69, 9.17) is 0 Å². The number of hydrogen-bond acceptors (Lipinski definition) is 2. The highest BCUT2D eigenvalue weighted by Gasteiger charge is 2.03. The van der Waals surface area contributed by atoms with E-state index < -0.39 is 0 Å². The van der Waals surface area contributed by atoms with Crippen LogP contribution < -0.4 is 0 Å². The van der Waals surface area contributed by atoms with Crippen LogP contribution in [0.1, 0.15) is 23.3 Å². The Morgan fingerprint density at radius 2 is 2.64 bits per heavy atom. The Kier molecular flexibility index (Phi) is 2.60. The zero-order valence-electron chi connectivity index (χ0n) is 6.21. The Morgan fingerprint density at radius 1 is 1.82 bits per heavy atom. The van der Waals surface area contributed by atoms with Gasteiger partial charge >= 0.3 is 0 Å². The molecule has 0 amide bonds. The molecule has 58 valence electrons. The third-order valence-electron chi connectivity index (χ3n) is 1.37. The van der Waals surface area contributed by atoms with Gasteiger partial charge in [-0.2, -0.15) is 0 Å². The van der Waals surface area contributed by atoms with Gasteiger partial charge in [0, 0.05) is 6.42 Å². The molecule has 0 spiro atoms. The van der Waals surface area contributed by atoms with Crippen LogP contribution in [0.5, 0.6) is 0 Å². The van der Waals surface area contributed by atoms with E-state index in [1.165, 1.54) is 12.5 Å². The highest BCUT2D eigenvalue weighted by molar-refractivity contribution is 5.93. The average molecular weight is 150 g/mol. The summed E-state index contributed by atoms with van der Waals surface area (Å²) >= 11 is 0. The number of aromatic amines is 1. The van der Waals surface area contributed by atoms with Crippen molar-refractivity contribution >= 4 is 5.78 Å². The molecule has 0 radical (unpaired) electrons. The molecule has 0 aliphatic rings. The molecule has 0 saturated heterocycles. The van der Waals surface area contributed by atoms with Crippen LogP contribution in [0, 0.1) is 0 Å². The van der Waals surface area contributed by atoms with Crippen LogP contribution >= 0.6 is 0 Å². The summed E-state index contributed by atoms with van der Waals surface area (Å²) in [4.78, 5) is 17.6. The standard InChI is InChI=1S/C8H10N2O/c1-2-3-4-8(11)7-5-9-6-10-7/h2,5-6H,1,3-4H2,(H,9,10). The number of aromatic nitrogens is 2. The van der Waals surface area contributed by atoms with Crippen molar-refractivity contribution in [2.75, 3.05) is 0 Å². The first kappa shape index (κ1) is 7.72. The molecular weight excluding hydrogens is 140 g/mol. The molecule has 1 N–H and O–H groups in total. The number of H-pyrrole nitrogens is 1. The lowest BCUT2D eigenvalue weighted by atomic mass is 10.2. The lowest BCUT2D eigenvalue weighted by Crippen LogP contribution is -1.97. The number of imidazole rings is 1. The summed E-state index contributed by atoms with van der Waals surface area (Å²) in [5.41, 5.74) is 0.576. The van der Waals surface area contributed by atoms with Gasteiger partial charge in [0.05, 0.1) is 12.5 Å². The van der Waals surface area contributed by atoms with Gasteiger partial charge in [-0.15, -0.1) is 6.58 Å². The van der Waals surface area contributed by atoms with Gasteiger partial charge in [0.25, 0.3) is 0 Å². The second-order valence-electron chi connectivity index (χ2n) is 2.22. The Balaban J connectivity index is 2.49.